The Morgan fingerprint density at radius 1 is 0.900 bits per heavy atom. The van der Waals surface area contributed by atoms with E-state index in [4.69, 9.17) is 9.98 Å². The van der Waals surface area contributed by atoms with Crippen molar-refractivity contribution in [2.24, 2.45) is 4.99 Å². The molecule has 0 amide bonds. The number of amidine groups is 1. The molecule has 30 heavy (non-hydrogen) atoms. The molecule has 0 fully saturated rings. The Morgan fingerprint density at radius 3 is 2.23 bits per heavy atom. The molecule has 0 bridgehead atoms. The van der Waals surface area contributed by atoms with Crippen LogP contribution in [-0.4, -0.2) is 17.4 Å². The smallest absolute Gasteiger partial charge is 0.205 e. The van der Waals surface area contributed by atoms with E-state index >= 15 is 0 Å². The fourth-order valence-electron chi connectivity index (χ4n) is 4.31. The zero-order valence-electron chi connectivity index (χ0n) is 18.2. The van der Waals surface area contributed by atoms with E-state index in [-0.39, 0.29) is 0 Å². The summed E-state index contributed by atoms with van der Waals surface area (Å²) in [4.78, 5) is 9.89. The molecule has 154 valence electrons. The van der Waals surface area contributed by atoms with Gasteiger partial charge in [-0.05, 0) is 18.9 Å². The zero-order chi connectivity index (χ0) is 21.0. The molecule has 1 N–H and O–H groups in total. The molecule has 0 aliphatic carbocycles. The number of benzene rings is 2. The lowest BCUT2D eigenvalue weighted by molar-refractivity contribution is 0.398. The van der Waals surface area contributed by atoms with Crippen LogP contribution >= 0.6 is 0 Å². The van der Waals surface area contributed by atoms with E-state index in [0.29, 0.717) is 0 Å². The fourth-order valence-corrected chi connectivity index (χ4v) is 4.31. The van der Waals surface area contributed by atoms with Crippen molar-refractivity contribution in [1.29, 1.82) is 0 Å². The van der Waals surface area contributed by atoms with E-state index in [1.54, 1.807) is 0 Å². The first-order valence-corrected chi connectivity index (χ1v) is 10.9. The summed E-state index contributed by atoms with van der Waals surface area (Å²) in [6.45, 7) is 9.23. The van der Waals surface area contributed by atoms with Crippen LogP contribution in [0.15, 0.2) is 71.7 Å². The molecule has 1 aromatic heterocycles. The number of anilines is 1. The van der Waals surface area contributed by atoms with Gasteiger partial charge in [0.15, 0.2) is 17.2 Å². The highest BCUT2D eigenvalue weighted by Crippen LogP contribution is 2.46. The van der Waals surface area contributed by atoms with Gasteiger partial charge in [-0.1, -0.05) is 74.0 Å². The molecule has 0 saturated heterocycles. The minimum atomic E-state index is 0.742. The number of aromatic nitrogens is 1. The molecule has 1 aliphatic heterocycles. The summed E-state index contributed by atoms with van der Waals surface area (Å²) in [5.41, 5.74) is 5.88. The molecule has 1 unspecified atom stereocenters. The molecule has 4 nitrogen and oxygen atoms in total. The molecule has 4 heteroatoms. The Hall–Kier alpha value is -2.98. The van der Waals surface area contributed by atoms with E-state index in [0.717, 1.165) is 53.6 Å². The highest BCUT2D eigenvalue weighted by atomic mass is 15.4. The second-order valence-electron chi connectivity index (χ2n) is 8.17. The third kappa shape index (κ3) is 4.01. The SMILES string of the molecule is CCCC[N+]1(Cc2ccccc2)C(C)=Nc2c1cc(C)nc2NCc1ccccc1. The number of hydrogen-bond donors (Lipinski definition) is 1. The molecule has 0 saturated carbocycles. The lowest BCUT2D eigenvalue weighted by Crippen LogP contribution is -2.51. The maximum absolute atomic E-state index is 5.07. The number of rotatable bonds is 8. The average molecular weight is 400 g/mol. The van der Waals surface area contributed by atoms with Crippen LogP contribution < -0.4 is 9.80 Å². The van der Waals surface area contributed by atoms with Gasteiger partial charge >= 0.3 is 0 Å². The van der Waals surface area contributed by atoms with Crippen LogP contribution in [0.1, 0.15) is 43.5 Å². The quantitative estimate of drug-likeness (QED) is 0.447. The van der Waals surface area contributed by atoms with Gasteiger partial charge in [0.05, 0.1) is 6.54 Å². The van der Waals surface area contributed by atoms with Gasteiger partial charge in [-0.25, -0.2) is 9.47 Å². The van der Waals surface area contributed by atoms with Crippen molar-refractivity contribution in [1.82, 2.24) is 9.47 Å². The molecule has 1 aliphatic rings. The normalized spacial score (nSPS) is 17.5. The number of nitrogens with one attached hydrogen (secondary N) is 1. The highest BCUT2D eigenvalue weighted by molar-refractivity contribution is 6.03. The van der Waals surface area contributed by atoms with Crippen LogP contribution in [-0.2, 0) is 13.1 Å². The summed E-state index contributed by atoms with van der Waals surface area (Å²) in [5, 5.41) is 3.55. The lowest BCUT2D eigenvalue weighted by Gasteiger charge is -2.34. The Kier molecular flexibility index (Phi) is 5.96. The van der Waals surface area contributed by atoms with Gasteiger partial charge in [0.1, 0.15) is 6.54 Å². The van der Waals surface area contributed by atoms with E-state index in [1.165, 1.54) is 23.2 Å². The predicted octanol–water partition coefficient (Wildman–Crippen LogP) is 6.37. The van der Waals surface area contributed by atoms with Gasteiger partial charge < -0.3 is 5.32 Å². The van der Waals surface area contributed by atoms with E-state index < -0.39 is 0 Å². The molecule has 2 aromatic carbocycles. The minimum absolute atomic E-state index is 0.742. The van der Waals surface area contributed by atoms with E-state index in [9.17, 15) is 0 Å². The maximum atomic E-state index is 5.07. The van der Waals surface area contributed by atoms with Crippen molar-refractivity contribution in [3.8, 4) is 0 Å². The molecule has 4 rings (SSSR count). The Morgan fingerprint density at radius 2 is 1.57 bits per heavy atom. The molecule has 2 heterocycles. The van der Waals surface area contributed by atoms with Gasteiger partial charge in [-0.3, -0.25) is 0 Å². The third-order valence-electron chi connectivity index (χ3n) is 5.95. The first-order valence-electron chi connectivity index (χ1n) is 10.9. The van der Waals surface area contributed by atoms with Crippen molar-refractivity contribution in [2.45, 2.75) is 46.7 Å². The molecule has 1 atom stereocenters. The minimum Gasteiger partial charge on any atom is -0.364 e. The van der Waals surface area contributed by atoms with Crippen LogP contribution in [0.4, 0.5) is 17.2 Å². The maximum Gasteiger partial charge on any atom is 0.205 e. The van der Waals surface area contributed by atoms with Crippen LogP contribution in [0.5, 0.6) is 0 Å². The van der Waals surface area contributed by atoms with E-state index in [2.05, 4.69) is 86.8 Å². The molecule has 0 spiro atoms. The molecule has 0 radical (unpaired) electrons. The highest BCUT2D eigenvalue weighted by Gasteiger charge is 2.43. The monoisotopic (exact) mass is 399 g/mol. The summed E-state index contributed by atoms with van der Waals surface area (Å²) < 4.78 is 0.788. The summed E-state index contributed by atoms with van der Waals surface area (Å²) in [6.07, 6.45) is 2.33. The van der Waals surface area contributed by atoms with Crippen molar-refractivity contribution in [3.05, 3.63) is 83.6 Å². The average Bonchev–Trinajstić information content (AvgIpc) is 3.03. The lowest BCUT2D eigenvalue weighted by atomic mass is 10.1. The predicted molar refractivity (Wildman–Crippen MR) is 127 cm³/mol. The number of aryl methyl sites for hydroxylation is 1. The van der Waals surface area contributed by atoms with Crippen LogP contribution in [0, 0.1) is 6.92 Å². The van der Waals surface area contributed by atoms with E-state index in [1.807, 2.05) is 6.07 Å². The number of hydrogen-bond acceptors (Lipinski definition) is 3. The zero-order valence-corrected chi connectivity index (χ0v) is 18.2. The Labute approximate surface area is 179 Å². The van der Waals surface area contributed by atoms with Gasteiger partial charge in [-0.2, -0.15) is 4.99 Å². The standard InChI is InChI=1S/C26H31N4/c1-4-5-16-30(19-23-14-10-7-11-15-23)21(3)29-25-24(30)17-20(2)28-26(25)27-18-22-12-8-6-9-13-22/h6-15,17H,4-5,16,18-19H2,1-3H3,(H,27,28)/q+1. The third-order valence-corrected chi connectivity index (χ3v) is 5.95. The number of nitrogens with zero attached hydrogens (tertiary/aromatic N) is 3. The van der Waals surface area contributed by atoms with Crippen molar-refractivity contribution in [2.75, 3.05) is 11.9 Å². The Balaban J connectivity index is 1.73. The first-order chi connectivity index (χ1) is 14.6. The second kappa shape index (κ2) is 8.80. The van der Waals surface area contributed by atoms with Crippen LogP contribution in [0.2, 0.25) is 0 Å². The van der Waals surface area contributed by atoms with Crippen molar-refractivity contribution < 1.29 is 0 Å². The molecular weight excluding hydrogens is 368 g/mol. The van der Waals surface area contributed by atoms with Gasteiger partial charge in [0.25, 0.3) is 0 Å². The van der Waals surface area contributed by atoms with Gasteiger partial charge in [-0.15, -0.1) is 0 Å². The summed E-state index contributed by atoms with van der Waals surface area (Å²) >= 11 is 0. The summed E-state index contributed by atoms with van der Waals surface area (Å²) in [5.74, 6) is 2.04. The second-order valence-corrected chi connectivity index (χ2v) is 8.17. The Bertz CT molecular complexity index is 1030. The summed E-state index contributed by atoms with van der Waals surface area (Å²) in [6, 6.07) is 23.5. The first kappa shape index (κ1) is 20.3. The number of unbranched alkanes of at least 4 members (excludes halogenated alkanes) is 1. The number of pyridine rings is 1. The summed E-state index contributed by atoms with van der Waals surface area (Å²) in [7, 11) is 0. The largest absolute Gasteiger partial charge is 0.364 e. The van der Waals surface area contributed by atoms with Gasteiger partial charge in [0, 0.05) is 30.8 Å². The van der Waals surface area contributed by atoms with Crippen molar-refractivity contribution >= 4 is 23.0 Å². The number of quaternary nitrogens is 1. The van der Waals surface area contributed by atoms with Crippen molar-refractivity contribution in [3.63, 3.8) is 0 Å². The van der Waals surface area contributed by atoms with Crippen LogP contribution in [0.25, 0.3) is 0 Å². The molecular formula is C26H31N4+. The number of fused-ring (bicyclic) bond motifs is 1. The van der Waals surface area contributed by atoms with Gasteiger partial charge in [0.2, 0.25) is 5.84 Å². The number of aliphatic imine (C=N–C) groups is 1. The fraction of sp³-hybridized carbons (Fsp3) is 0.308. The topological polar surface area (TPSA) is 37.3 Å². The molecule has 3 aromatic rings. The van der Waals surface area contributed by atoms with Crippen LogP contribution in [0.3, 0.4) is 0 Å².